The number of rotatable bonds is 4. The molecule has 1 aromatic carbocycles. The van der Waals surface area contributed by atoms with Crippen LogP contribution < -0.4 is 5.73 Å². The molecule has 1 nitrogen and oxygen atoms in total. The summed E-state index contributed by atoms with van der Waals surface area (Å²) in [6.07, 6.45) is 3.56. The zero-order valence-corrected chi connectivity index (χ0v) is 11.3. The zero-order valence-electron chi connectivity index (χ0n) is 11.3. The Hall–Kier alpha value is -0.820. The maximum Gasteiger partial charge on any atom is 0.00788 e. The molecule has 0 heterocycles. The first-order chi connectivity index (χ1) is 8.11. The van der Waals surface area contributed by atoms with Gasteiger partial charge in [-0.3, -0.25) is 0 Å². The quantitative estimate of drug-likeness (QED) is 0.839. The molecule has 1 saturated carbocycles. The summed E-state index contributed by atoms with van der Waals surface area (Å²) in [5.41, 5.74) is 9.01. The minimum Gasteiger partial charge on any atom is -0.327 e. The van der Waals surface area contributed by atoms with Crippen LogP contribution in [-0.4, -0.2) is 6.04 Å². The van der Waals surface area contributed by atoms with Gasteiger partial charge in [-0.1, -0.05) is 51.5 Å². The molecule has 0 aliphatic heterocycles. The van der Waals surface area contributed by atoms with E-state index in [4.69, 9.17) is 5.73 Å². The summed E-state index contributed by atoms with van der Waals surface area (Å²) in [4.78, 5) is 0. The minimum atomic E-state index is 0.431. The average molecular weight is 231 g/mol. The number of benzene rings is 1. The van der Waals surface area contributed by atoms with Crippen molar-refractivity contribution in [2.24, 2.45) is 17.6 Å². The van der Waals surface area contributed by atoms with Gasteiger partial charge in [-0.2, -0.15) is 0 Å². The number of hydrogen-bond acceptors (Lipinski definition) is 1. The van der Waals surface area contributed by atoms with Crippen LogP contribution in [-0.2, 0) is 6.42 Å². The lowest BCUT2D eigenvalue weighted by molar-refractivity contribution is 0.198. The minimum absolute atomic E-state index is 0.431. The zero-order chi connectivity index (χ0) is 12.4. The van der Waals surface area contributed by atoms with Gasteiger partial charge in [-0.05, 0) is 41.7 Å². The van der Waals surface area contributed by atoms with Crippen LogP contribution in [0.4, 0.5) is 0 Å². The summed E-state index contributed by atoms with van der Waals surface area (Å²) in [5.74, 6) is 2.15. The molecule has 2 rings (SSSR count). The highest BCUT2D eigenvalue weighted by Gasteiger charge is 2.37. The van der Waals surface area contributed by atoms with E-state index in [1.165, 1.54) is 30.4 Å². The lowest BCUT2D eigenvalue weighted by Gasteiger charge is -2.42. The van der Waals surface area contributed by atoms with Crippen molar-refractivity contribution in [3.63, 3.8) is 0 Å². The Bertz CT molecular complexity index is 352. The van der Waals surface area contributed by atoms with E-state index < -0.39 is 0 Å². The molecule has 0 aromatic heterocycles. The fourth-order valence-electron chi connectivity index (χ4n) is 3.09. The molecule has 3 unspecified atom stereocenters. The fourth-order valence-corrected chi connectivity index (χ4v) is 3.09. The summed E-state index contributed by atoms with van der Waals surface area (Å²) in [6.45, 7) is 6.79. The Morgan fingerprint density at radius 1 is 1.24 bits per heavy atom. The van der Waals surface area contributed by atoms with Crippen molar-refractivity contribution in [3.05, 3.63) is 35.4 Å². The third-order valence-corrected chi connectivity index (χ3v) is 4.12. The second kappa shape index (κ2) is 5.22. The highest BCUT2D eigenvalue weighted by molar-refractivity contribution is 5.28. The van der Waals surface area contributed by atoms with Gasteiger partial charge in [-0.15, -0.1) is 0 Å². The SMILES string of the molecule is CCC1C(N)CC1c1ccc(CC(C)C)cc1. The smallest absolute Gasteiger partial charge is 0.00788 e. The van der Waals surface area contributed by atoms with Crippen LogP contribution in [0.1, 0.15) is 50.7 Å². The van der Waals surface area contributed by atoms with Crippen molar-refractivity contribution in [1.29, 1.82) is 0 Å². The Kier molecular flexibility index (Phi) is 3.88. The normalized spacial score (nSPS) is 28.2. The van der Waals surface area contributed by atoms with E-state index in [-0.39, 0.29) is 0 Å². The molecule has 1 aliphatic carbocycles. The van der Waals surface area contributed by atoms with Gasteiger partial charge in [0.25, 0.3) is 0 Å². The summed E-state index contributed by atoms with van der Waals surface area (Å²) >= 11 is 0. The van der Waals surface area contributed by atoms with Crippen LogP contribution in [0.2, 0.25) is 0 Å². The van der Waals surface area contributed by atoms with Crippen molar-refractivity contribution in [2.75, 3.05) is 0 Å². The van der Waals surface area contributed by atoms with Crippen LogP contribution in [0, 0.1) is 11.8 Å². The molecule has 94 valence electrons. The monoisotopic (exact) mass is 231 g/mol. The second-order valence-electron chi connectivity index (χ2n) is 5.92. The molecular formula is C16H25N. The van der Waals surface area contributed by atoms with Gasteiger partial charge in [-0.25, -0.2) is 0 Å². The molecule has 17 heavy (non-hydrogen) atoms. The van der Waals surface area contributed by atoms with Gasteiger partial charge in [0.2, 0.25) is 0 Å². The molecule has 1 aromatic rings. The highest BCUT2D eigenvalue weighted by Crippen LogP contribution is 2.43. The Labute approximate surface area is 105 Å². The number of nitrogens with two attached hydrogens (primary N) is 1. The maximum atomic E-state index is 6.06. The first-order valence-electron chi connectivity index (χ1n) is 6.96. The largest absolute Gasteiger partial charge is 0.327 e. The summed E-state index contributed by atoms with van der Waals surface area (Å²) in [7, 11) is 0. The maximum absolute atomic E-state index is 6.06. The first kappa shape index (κ1) is 12.6. The molecule has 0 spiro atoms. The van der Waals surface area contributed by atoms with Crippen LogP contribution in [0.5, 0.6) is 0 Å². The third kappa shape index (κ3) is 2.71. The molecule has 1 heteroatoms. The molecule has 2 N–H and O–H groups in total. The van der Waals surface area contributed by atoms with E-state index in [2.05, 4.69) is 45.0 Å². The fraction of sp³-hybridized carbons (Fsp3) is 0.625. The Morgan fingerprint density at radius 2 is 1.88 bits per heavy atom. The summed E-state index contributed by atoms with van der Waals surface area (Å²) in [6, 6.07) is 9.66. The van der Waals surface area contributed by atoms with Gasteiger partial charge in [0.05, 0.1) is 0 Å². The molecule has 0 amide bonds. The summed E-state index contributed by atoms with van der Waals surface area (Å²) in [5, 5.41) is 0. The van der Waals surface area contributed by atoms with Gasteiger partial charge < -0.3 is 5.73 Å². The number of hydrogen-bond donors (Lipinski definition) is 1. The van der Waals surface area contributed by atoms with Gasteiger partial charge >= 0.3 is 0 Å². The van der Waals surface area contributed by atoms with E-state index in [1.807, 2.05) is 0 Å². The molecular weight excluding hydrogens is 206 g/mol. The van der Waals surface area contributed by atoms with E-state index in [0.717, 1.165) is 5.92 Å². The first-order valence-corrected chi connectivity index (χ1v) is 6.96. The van der Waals surface area contributed by atoms with E-state index >= 15 is 0 Å². The lowest BCUT2D eigenvalue weighted by Crippen LogP contribution is -2.45. The van der Waals surface area contributed by atoms with Crippen molar-refractivity contribution >= 4 is 0 Å². The Morgan fingerprint density at radius 3 is 2.35 bits per heavy atom. The molecule has 0 saturated heterocycles. The van der Waals surface area contributed by atoms with Crippen molar-refractivity contribution in [3.8, 4) is 0 Å². The van der Waals surface area contributed by atoms with Gasteiger partial charge in [0.15, 0.2) is 0 Å². The average Bonchev–Trinajstić information content (AvgIpc) is 2.27. The summed E-state index contributed by atoms with van der Waals surface area (Å²) < 4.78 is 0. The van der Waals surface area contributed by atoms with Crippen LogP contribution in [0.25, 0.3) is 0 Å². The molecule has 3 atom stereocenters. The highest BCUT2D eigenvalue weighted by atomic mass is 14.7. The molecule has 1 fully saturated rings. The predicted octanol–water partition coefficient (Wildman–Crippen LogP) is 3.73. The topological polar surface area (TPSA) is 26.0 Å². The van der Waals surface area contributed by atoms with Crippen LogP contribution >= 0.6 is 0 Å². The predicted molar refractivity (Wildman–Crippen MR) is 74.1 cm³/mol. The van der Waals surface area contributed by atoms with Crippen molar-refractivity contribution in [1.82, 2.24) is 0 Å². The van der Waals surface area contributed by atoms with E-state index in [1.54, 1.807) is 0 Å². The molecule has 0 bridgehead atoms. The van der Waals surface area contributed by atoms with Gasteiger partial charge in [0, 0.05) is 6.04 Å². The van der Waals surface area contributed by atoms with Crippen molar-refractivity contribution in [2.45, 2.75) is 52.0 Å². The van der Waals surface area contributed by atoms with Crippen LogP contribution in [0.15, 0.2) is 24.3 Å². The van der Waals surface area contributed by atoms with E-state index in [0.29, 0.717) is 17.9 Å². The van der Waals surface area contributed by atoms with E-state index in [9.17, 15) is 0 Å². The van der Waals surface area contributed by atoms with Crippen molar-refractivity contribution < 1.29 is 0 Å². The van der Waals surface area contributed by atoms with Gasteiger partial charge in [0.1, 0.15) is 0 Å². The lowest BCUT2D eigenvalue weighted by atomic mass is 9.65. The van der Waals surface area contributed by atoms with Crippen LogP contribution in [0.3, 0.4) is 0 Å². The Balaban J connectivity index is 2.03. The molecule has 0 radical (unpaired) electrons. The third-order valence-electron chi connectivity index (χ3n) is 4.12. The standard InChI is InChI=1S/C16H25N/c1-4-14-15(10-16(14)17)13-7-5-12(6-8-13)9-11(2)3/h5-8,11,14-16H,4,9-10,17H2,1-3H3. The molecule has 1 aliphatic rings. The second-order valence-corrected chi connectivity index (χ2v) is 5.92.